The molecule has 0 unspecified atom stereocenters. The number of hydrogen-bond acceptors (Lipinski definition) is 3. The zero-order valence-corrected chi connectivity index (χ0v) is 5.97. The maximum Gasteiger partial charge on any atom is 0.163 e. The molecule has 0 bridgehead atoms. The van der Waals surface area contributed by atoms with Gasteiger partial charge >= 0.3 is 0 Å². The summed E-state index contributed by atoms with van der Waals surface area (Å²) in [5, 5.41) is 3.08. The van der Waals surface area contributed by atoms with E-state index in [1.165, 1.54) is 6.42 Å². The zero-order chi connectivity index (χ0) is 6.97. The van der Waals surface area contributed by atoms with Crippen LogP contribution in [0.2, 0.25) is 0 Å². The van der Waals surface area contributed by atoms with Crippen LogP contribution in [0.3, 0.4) is 0 Å². The summed E-state index contributed by atoms with van der Waals surface area (Å²) in [5.74, 6) is 0.378. The van der Waals surface area contributed by atoms with E-state index in [1.54, 1.807) is 0 Å². The highest BCUT2D eigenvalue weighted by Gasteiger charge is 2.32. The summed E-state index contributed by atoms with van der Waals surface area (Å²) in [6.07, 6.45) is 2.28. The first kappa shape index (κ1) is 6.31. The first-order valence-electron chi connectivity index (χ1n) is 3.85. The number of rotatable bonds is 0. The highest BCUT2D eigenvalue weighted by atomic mass is 16.1. The smallest absolute Gasteiger partial charge is 0.163 e. The summed E-state index contributed by atoms with van der Waals surface area (Å²) in [6.45, 7) is 2.60. The molecule has 0 amide bonds. The van der Waals surface area contributed by atoms with Gasteiger partial charge < -0.3 is 0 Å². The SMILES string of the molecule is O=C1CNCN2CCC[C@@H]12. The summed E-state index contributed by atoms with van der Waals surface area (Å²) in [5.41, 5.74) is 0. The van der Waals surface area contributed by atoms with Crippen molar-refractivity contribution >= 4 is 5.78 Å². The molecule has 3 nitrogen and oxygen atoms in total. The molecule has 2 fully saturated rings. The molecule has 2 heterocycles. The van der Waals surface area contributed by atoms with Crippen LogP contribution < -0.4 is 5.32 Å². The topological polar surface area (TPSA) is 32.3 Å². The molecule has 0 spiro atoms. The summed E-state index contributed by atoms with van der Waals surface area (Å²) >= 11 is 0. The fraction of sp³-hybridized carbons (Fsp3) is 0.857. The van der Waals surface area contributed by atoms with Crippen LogP contribution in [0.4, 0.5) is 0 Å². The molecule has 0 radical (unpaired) electrons. The standard InChI is InChI=1S/C7H12N2O/c10-7-4-8-5-9-3-1-2-6(7)9/h6,8H,1-5H2/t6-/m0/s1. The number of nitrogens with zero attached hydrogens (tertiary/aromatic N) is 1. The molecule has 3 heteroatoms. The van der Waals surface area contributed by atoms with Crippen LogP contribution in [-0.2, 0) is 4.79 Å². The maximum absolute atomic E-state index is 11.2. The van der Waals surface area contributed by atoms with Gasteiger partial charge in [0.15, 0.2) is 5.78 Å². The molecule has 0 aromatic carbocycles. The van der Waals surface area contributed by atoms with Crippen molar-refractivity contribution in [1.82, 2.24) is 10.2 Å². The Bertz CT molecular complexity index is 158. The van der Waals surface area contributed by atoms with E-state index in [0.717, 1.165) is 19.6 Å². The van der Waals surface area contributed by atoms with E-state index >= 15 is 0 Å². The summed E-state index contributed by atoms with van der Waals surface area (Å²) in [7, 11) is 0. The van der Waals surface area contributed by atoms with Crippen molar-refractivity contribution in [3.05, 3.63) is 0 Å². The first-order chi connectivity index (χ1) is 4.88. The van der Waals surface area contributed by atoms with E-state index in [9.17, 15) is 4.79 Å². The average molecular weight is 140 g/mol. The van der Waals surface area contributed by atoms with E-state index in [1.807, 2.05) is 0 Å². The Morgan fingerprint density at radius 2 is 2.50 bits per heavy atom. The van der Waals surface area contributed by atoms with Crippen LogP contribution in [-0.4, -0.2) is 36.5 Å². The molecule has 1 N–H and O–H groups in total. The monoisotopic (exact) mass is 140 g/mol. The molecule has 2 saturated heterocycles. The van der Waals surface area contributed by atoms with Crippen LogP contribution in [0.15, 0.2) is 0 Å². The Morgan fingerprint density at radius 3 is 3.30 bits per heavy atom. The number of Topliss-reactive ketones (excluding diaryl/α,β-unsaturated/α-hetero) is 1. The van der Waals surface area contributed by atoms with E-state index in [0.29, 0.717) is 12.3 Å². The van der Waals surface area contributed by atoms with Gasteiger partial charge in [0.1, 0.15) is 0 Å². The lowest BCUT2D eigenvalue weighted by Crippen LogP contribution is -2.51. The van der Waals surface area contributed by atoms with Crippen molar-refractivity contribution in [3.63, 3.8) is 0 Å². The van der Waals surface area contributed by atoms with Gasteiger partial charge in [-0.05, 0) is 12.8 Å². The van der Waals surface area contributed by atoms with Crippen LogP contribution in [0.1, 0.15) is 12.8 Å². The van der Waals surface area contributed by atoms with Crippen LogP contribution in [0.5, 0.6) is 0 Å². The number of fused-ring (bicyclic) bond motifs is 1. The molecule has 10 heavy (non-hydrogen) atoms. The Morgan fingerprint density at radius 1 is 1.60 bits per heavy atom. The third kappa shape index (κ3) is 0.859. The molecular weight excluding hydrogens is 128 g/mol. The van der Waals surface area contributed by atoms with Crippen molar-refractivity contribution in [2.45, 2.75) is 18.9 Å². The number of hydrogen-bond donors (Lipinski definition) is 1. The van der Waals surface area contributed by atoms with Crippen LogP contribution in [0, 0.1) is 0 Å². The third-order valence-electron chi connectivity index (χ3n) is 2.35. The van der Waals surface area contributed by atoms with Gasteiger partial charge in [0.25, 0.3) is 0 Å². The van der Waals surface area contributed by atoms with Gasteiger partial charge in [0.2, 0.25) is 0 Å². The van der Waals surface area contributed by atoms with Crippen molar-refractivity contribution in [1.29, 1.82) is 0 Å². The zero-order valence-electron chi connectivity index (χ0n) is 5.97. The second kappa shape index (κ2) is 2.32. The summed E-state index contributed by atoms with van der Waals surface area (Å²) < 4.78 is 0. The Balaban J connectivity index is 2.10. The predicted molar refractivity (Wildman–Crippen MR) is 37.6 cm³/mol. The third-order valence-corrected chi connectivity index (χ3v) is 2.35. The van der Waals surface area contributed by atoms with Gasteiger partial charge in [0.05, 0.1) is 12.6 Å². The fourth-order valence-electron chi connectivity index (χ4n) is 1.82. The van der Waals surface area contributed by atoms with Crippen molar-refractivity contribution in [3.8, 4) is 0 Å². The van der Waals surface area contributed by atoms with E-state index in [4.69, 9.17) is 0 Å². The van der Waals surface area contributed by atoms with E-state index in [2.05, 4.69) is 10.2 Å². The molecule has 2 rings (SSSR count). The molecular formula is C7H12N2O. The van der Waals surface area contributed by atoms with Crippen molar-refractivity contribution in [2.24, 2.45) is 0 Å². The van der Waals surface area contributed by atoms with Crippen molar-refractivity contribution in [2.75, 3.05) is 19.8 Å². The van der Waals surface area contributed by atoms with Gasteiger partial charge in [-0.2, -0.15) is 0 Å². The van der Waals surface area contributed by atoms with Gasteiger partial charge in [-0.25, -0.2) is 0 Å². The average Bonchev–Trinajstić information content (AvgIpc) is 2.36. The Hall–Kier alpha value is -0.410. The molecule has 0 aromatic rings. The highest BCUT2D eigenvalue weighted by molar-refractivity contribution is 5.86. The number of ketones is 1. The minimum atomic E-state index is 0.265. The second-order valence-corrected chi connectivity index (χ2v) is 3.02. The van der Waals surface area contributed by atoms with Crippen LogP contribution >= 0.6 is 0 Å². The summed E-state index contributed by atoms with van der Waals surface area (Å²) in [4.78, 5) is 13.4. The predicted octanol–water partition coefficient (Wildman–Crippen LogP) is -0.419. The lowest BCUT2D eigenvalue weighted by atomic mass is 10.1. The van der Waals surface area contributed by atoms with Gasteiger partial charge in [0, 0.05) is 13.2 Å². The lowest BCUT2D eigenvalue weighted by molar-refractivity contribution is -0.124. The van der Waals surface area contributed by atoms with Crippen LogP contribution in [0.25, 0.3) is 0 Å². The molecule has 0 aromatic heterocycles. The maximum atomic E-state index is 11.2. The lowest BCUT2D eigenvalue weighted by Gasteiger charge is -2.28. The molecule has 1 atom stereocenters. The van der Waals surface area contributed by atoms with E-state index in [-0.39, 0.29) is 6.04 Å². The minimum absolute atomic E-state index is 0.265. The Labute approximate surface area is 60.4 Å². The summed E-state index contributed by atoms with van der Waals surface area (Å²) in [6, 6.07) is 0.265. The molecule has 0 saturated carbocycles. The number of nitrogens with one attached hydrogen (secondary N) is 1. The minimum Gasteiger partial charge on any atom is -0.297 e. The molecule has 2 aliphatic rings. The van der Waals surface area contributed by atoms with E-state index < -0.39 is 0 Å². The first-order valence-corrected chi connectivity index (χ1v) is 3.85. The highest BCUT2D eigenvalue weighted by Crippen LogP contribution is 2.18. The molecule has 0 aliphatic carbocycles. The van der Waals surface area contributed by atoms with Gasteiger partial charge in [-0.3, -0.25) is 15.0 Å². The normalized spacial score (nSPS) is 34.4. The van der Waals surface area contributed by atoms with Gasteiger partial charge in [-0.15, -0.1) is 0 Å². The quantitative estimate of drug-likeness (QED) is 0.496. The number of carbonyl (C=O) groups is 1. The molecule has 56 valence electrons. The van der Waals surface area contributed by atoms with Crippen molar-refractivity contribution < 1.29 is 4.79 Å². The molecule has 2 aliphatic heterocycles. The number of carbonyl (C=O) groups excluding carboxylic acids is 1. The largest absolute Gasteiger partial charge is 0.297 e. The second-order valence-electron chi connectivity index (χ2n) is 3.02. The fourth-order valence-corrected chi connectivity index (χ4v) is 1.82. The van der Waals surface area contributed by atoms with Gasteiger partial charge in [-0.1, -0.05) is 0 Å². The Kier molecular flexibility index (Phi) is 1.47.